The van der Waals surface area contributed by atoms with Crippen molar-refractivity contribution in [3.63, 3.8) is 0 Å². The molecule has 0 radical (unpaired) electrons. The van der Waals surface area contributed by atoms with E-state index in [1.165, 1.54) is 0 Å². The molecule has 0 atom stereocenters. The smallest absolute Gasteiger partial charge is 0.287 e. The molecule has 2 rings (SSSR count). The molecule has 5 heteroatoms. The van der Waals surface area contributed by atoms with E-state index in [1.54, 1.807) is 12.1 Å². The van der Waals surface area contributed by atoms with Crippen LogP contribution in [-0.4, -0.2) is 25.7 Å². The summed E-state index contributed by atoms with van der Waals surface area (Å²) in [6.07, 6.45) is 0. The van der Waals surface area contributed by atoms with Gasteiger partial charge in [0.05, 0.1) is 19.8 Å². The highest BCUT2D eigenvalue weighted by atomic mass is 16.5. The molecule has 1 aromatic rings. The van der Waals surface area contributed by atoms with Crippen LogP contribution in [0.3, 0.4) is 0 Å². The zero-order valence-electron chi connectivity index (χ0n) is 9.29. The molecular weight excluding hydrogens is 208 g/mol. The summed E-state index contributed by atoms with van der Waals surface area (Å²) in [7, 11) is 0. The van der Waals surface area contributed by atoms with Gasteiger partial charge in [0.1, 0.15) is 5.76 Å². The number of rotatable bonds is 4. The van der Waals surface area contributed by atoms with Crippen LogP contribution in [0.5, 0.6) is 0 Å². The molecule has 1 fully saturated rings. The first-order valence-electron chi connectivity index (χ1n) is 5.28. The summed E-state index contributed by atoms with van der Waals surface area (Å²) in [6, 6.07) is 3.35. The van der Waals surface area contributed by atoms with Gasteiger partial charge in [-0.1, -0.05) is 6.92 Å². The Kier molecular flexibility index (Phi) is 2.98. The molecule has 1 saturated heterocycles. The number of nitrogens with one attached hydrogen (secondary N) is 1. The summed E-state index contributed by atoms with van der Waals surface area (Å²) in [5.41, 5.74) is 5.46. The van der Waals surface area contributed by atoms with Crippen LogP contribution in [-0.2, 0) is 11.3 Å². The number of amides is 1. The minimum Gasteiger partial charge on any atom is -0.455 e. The second kappa shape index (κ2) is 4.27. The predicted molar refractivity (Wildman–Crippen MR) is 57.9 cm³/mol. The Balaban J connectivity index is 1.87. The summed E-state index contributed by atoms with van der Waals surface area (Å²) in [5, 5.41) is 2.83. The van der Waals surface area contributed by atoms with Crippen molar-refractivity contribution in [1.82, 2.24) is 5.32 Å². The van der Waals surface area contributed by atoms with E-state index >= 15 is 0 Å². The number of ether oxygens (including phenoxy) is 1. The lowest BCUT2D eigenvalue weighted by Gasteiger charge is -2.37. The molecule has 3 N–H and O–H groups in total. The molecule has 0 bridgehead atoms. The van der Waals surface area contributed by atoms with Crippen LogP contribution in [0.2, 0.25) is 0 Å². The van der Waals surface area contributed by atoms with Crippen LogP contribution >= 0.6 is 0 Å². The average molecular weight is 224 g/mol. The van der Waals surface area contributed by atoms with Gasteiger partial charge in [-0.05, 0) is 12.1 Å². The monoisotopic (exact) mass is 224 g/mol. The van der Waals surface area contributed by atoms with Crippen LogP contribution in [0.15, 0.2) is 16.5 Å². The van der Waals surface area contributed by atoms with E-state index in [1.807, 2.05) is 0 Å². The first-order chi connectivity index (χ1) is 7.63. The van der Waals surface area contributed by atoms with Crippen molar-refractivity contribution < 1.29 is 13.9 Å². The lowest BCUT2D eigenvalue weighted by molar-refractivity contribution is -0.0978. The highest BCUT2D eigenvalue weighted by Gasteiger charge is 2.33. The van der Waals surface area contributed by atoms with Crippen LogP contribution < -0.4 is 11.1 Å². The summed E-state index contributed by atoms with van der Waals surface area (Å²) >= 11 is 0. The highest BCUT2D eigenvalue weighted by molar-refractivity contribution is 5.91. The van der Waals surface area contributed by atoms with E-state index in [9.17, 15) is 4.79 Å². The summed E-state index contributed by atoms with van der Waals surface area (Å²) in [6.45, 7) is 4.37. The van der Waals surface area contributed by atoms with Crippen LogP contribution in [0, 0.1) is 5.41 Å². The van der Waals surface area contributed by atoms with Gasteiger partial charge in [0.2, 0.25) is 0 Å². The van der Waals surface area contributed by atoms with Crippen molar-refractivity contribution in [3.8, 4) is 0 Å². The van der Waals surface area contributed by atoms with E-state index in [0.29, 0.717) is 37.8 Å². The van der Waals surface area contributed by atoms with Crippen LogP contribution in [0.25, 0.3) is 0 Å². The molecule has 16 heavy (non-hydrogen) atoms. The minimum atomic E-state index is -0.201. The van der Waals surface area contributed by atoms with Crippen molar-refractivity contribution >= 4 is 5.91 Å². The van der Waals surface area contributed by atoms with E-state index in [-0.39, 0.29) is 11.3 Å². The third-order valence-electron chi connectivity index (χ3n) is 2.66. The molecule has 1 aliphatic rings. The van der Waals surface area contributed by atoms with Crippen molar-refractivity contribution in [1.29, 1.82) is 0 Å². The quantitative estimate of drug-likeness (QED) is 0.781. The molecule has 2 heterocycles. The van der Waals surface area contributed by atoms with Crippen molar-refractivity contribution in [3.05, 3.63) is 23.7 Å². The highest BCUT2D eigenvalue weighted by Crippen LogP contribution is 2.25. The molecule has 0 aliphatic carbocycles. The Hall–Kier alpha value is -1.33. The molecular formula is C11H16N2O3. The third kappa shape index (κ3) is 2.25. The second-order valence-electron chi connectivity index (χ2n) is 4.46. The molecule has 1 aromatic heterocycles. The standard InChI is InChI=1S/C11H16N2O3/c1-11(6-15-7-11)5-13-10(14)9-3-2-8(4-12)16-9/h2-3H,4-7,12H2,1H3,(H,13,14). The fourth-order valence-corrected chi connectivity index (χ4v) is 1.54. The van der Waals surface area contributed by atoms with Gasteiger partial charge in [0.15, 0.2) is 5.76 Å². The fourth-order valence-electron chi connectivity index (χ4n) is 1.54. The first-order valence-corrected chi connectivity index (χ1v) is 5.28. The van der Waals surface area contributed by atoms with Crippen LogP contribution in [0.1, 0.15) is 23.2 Å². The van der Waals surface area contributed by atoms with Crippen LogP contribution in [0.4, 0.5) is 0 Å². The predicted octanol–water partition coefficient (Wildman–Crippen LogP) is 0.505. The Labute approximate surface area is 93.9 Å². The van der Waals surface area contributed by atoms with Crippen molar-refractivity contribution in [2.45, 2.75) is 13.5 Å². The van der Waals surface area contributed by atoms with Gasteiger partial charge in [-0.2, -0.15) is 0 Å². The minimum absolute atomic E-state index is 0.0684. The number of carbonyl (C=O) groups is 1. The largest absolute Gasteiger partial charge is 0.455 e. The number of hydrogen-bond acceptors (Lipinski definition) is 4. The van der Waals surface area contributed by atoms with Gasteiger partial charge in [-0.15, -0.1) is 0 Å². The normalized spacial score (nSPS) is 17.9. The fraction of sp³-hybridized carbons (Fsp3) is 0.545. The molecule has 5 nitrogen and oxygen atoms in total. The zero-order chi connectivity index (χ0) is 11.6. The Morgan fingerprint density at radius 2 is 2.31 bits per heavy atom. The molecule has 1 amide bonds. The van der Waals surface area contributed by atoms with Gasteiger partial charge < -0.3 is 20.2 Å². The first kappa shape index (κ1) is 11.2. The number of hydrogen-bond donors (Lipinski definition) is 2. The van der Waals surface area contributed by atoms with Gasteiger partial charge in [-0.25, -0.2) is 0 Å². The topological polar surface area (TPSA) is 77.5 Å². The lowest BCUT2D eigenvalue weighted by Crippen LogP contribution is -2.48. The van der Waals surface area contributed by atoms with E-state index in [2.05, 4.69) is 12.2 Å². The Morgan fingerprint density at radius 3 is 2.81 bits per heavy atom. The van der Waals surface area contributed by atoms with Crippen molar-refractivity contribution in [2.24, 2.45) is 11.1 Å². The Bertz CT molecular complexity index is 382. The molecule has 0 unspecified atom stereocenters. The average Bonchev–Trinajstić information content (AvgIpc) is 2.71. The molecule has 1 aliphatic heterocycles. The SMILES string of the molecule is CC1(CNC(=O)c2ccc(CN)o2)COC1. The van der Waals surface area contributed by atoms with Gasteiger partial charge in [0.25, 0.3) is 5.91 Å². The summed E-state index contributed by atoms with van der Waals surface area (Å²) < 4.78 is 10.3. The molecule has 0 aromatic carbocycles. The van der Waals surface area contributed by atoms with Gasteiger partial charge in [-0.3, -0.25) is 4.79 Å². The van der Waals surface area contributed by atoms with Gasteiger partial charge >= 0.3 is 0 Å². The third-order valence-corrected chi connectivity index (χ3v) is 2.66. The molecule has 0 saturated carbocycles. The molecule has 88 valence electrons. The maximum Gasteiger partial charge on any atom is 0.287 e. The van der Waals surface area contributed by atoms with E-state index in [4.69, 9.17) is 14.9 Å². The maximum atomic E-state index is 11.7. The zero-order valence-corrected chi connectivity index (χ0v) is 9.29. The number of carbonyl (C=O) groups excluding carboxylic acids is 1. The van der Waals surface area contributed by atoms with Gasteiger partial charge in [0, 0.05) is 12.0 Å². The molecule has 0 spiro atoms. The lowest BCUT2D eigenvalue weighted by atomic mass is 9.89. The second-order valence-corrected chi connectivity index (χ2v) is 4.46. The number of furan rings is 1. The van der Waals surface area contributed by atoms with E-state index < -0.39 is 0 Å². The summed E-state index contributed by atoms with van der Waals surface area (Å²) in [4.78, 5) is 11.7. The Morgan fingerprint density at radius 1 is 1.56 bits per heavy atom. The summed E-state index contributed by atoms with van der Waals surface area (Å²) in [5.74, 6) is 0.723. The van der Waals surface area contributed by atoms with E-state index in [0.717, 1.165) is 0 Å². The number of nitrogens with two attached hydrogens (primary N) is 1. The maximum absolute atomic E-state index is 11.7. The van der Waals surface area contributed by atoms with Crippen molar-refractivity contribution in [2.75, 3.05) is 19.8 Å².